The molecule has 0 saturated carbocycles. The molecule has 1 aliphatic carbocycles. The number of fused-ring (bicyclic) bond motifs is 1. The van der Waals surface area contributed by atoms with Crippen LogP contribution in [0, 0.1) is 13.8 Å². The Hall–Kier alpha value is -1.04. The molecule has 68 valence electrons. The van der Waals surface area contributed by atoms with E-state index in [1.165, 1.54) is 47.1 Å². The van der Waals surface area contributed by atoms with Crippen LogP contribution in [0.1, 0.15) is 35.1 Å². The summed E-state index contributed by atoms with van der Waals surface area (Å²) in [5, 5.41) is 0. The quantitative estimate of drug-likeness (QED) is 0.560. The molecule has 0 heterocycles. The molecular formula is C13H16. The first-order valence-electron chi connectivity index (χ1n) is 4.97. The second-order valence-corrected chi connectivity index (χ2v) is 4.07. The number of rotatable bonds is 0. The van der Waals surface area contributed by atoms with Crippen molar-refractivity contribution in [1.82, 2.24) is 0 Å². The van der Waals surface area contributed by atoms with Gasteiger partial charge in [-0.15, -0.1) is 0 Å². The van der Waals surface area contributed by atoms with Gasteiger partial charge in [0.2, 0.25) is 0 Å². The van der Waals surface area contributed by atoms with Gasteiger partial charge in [0.1, 0.15) is 0 Å². The predicted molar refractivity (Wildman–Crippen MR) is 57.9 cm³/mol. The van der Waals surface area contributed by atoms with Crippen molar-refractivity contribution in [3.63, 3.8) is 0 Å². The zero-order valence-electron chi connectivity index (χ0n) is 8.48. The first-order chi connectivity index (χ1) is 6.18. The summed E-state index contributed by atoms with van der Waals surface area (Å²) in [5.74, 6) is 0. The standard InChI is InChI=1S/C13H16/c1-9-7-11(3)13-10(2)5-4-6-12(13)8-9/h7-8H,2,4-6H2,1,3H3. The van der Waals surface area contributed by atoms with Crippen molar-refractivity contribution in [1.29, 1.82) is 0 Å². The molecule has 1 aromatic rings. The van der Waals surface area contributed by atoms with Gasteiger partial charge in [0.05, 0.1) is 0 Å². The molecule has 0 bridgehead atoms. The van der Waals surface area contributed by atoms with Crippen LogP contribution in [0.4, 0.5) is 0 Å². The molecule has 0 aromatic heterocycles. The fourth-order valence-corrected chi connectivity index (χ4v) is 2.38. The molecule has 2 rings (SSSR count). The molecule has 0 heteroatoms. The van der Waals surface area contributed by atoms with Crippen molar-refractivity contribution in [3.8, 4) is 0 Å². The van der Waals surface area contributed by atoms with Gasteiger partial charge in [-0.2, -0.15) is 0 Å². The zero-order chi connectivity index (χ0) is 9.42. The Morgan fingerprint density at radius 1 is 1.15 bits per heavy atom. The third-order valence-corrected chi connectivity index (χ3v) is 2.84. The SMILES string of the molecule is C=C1CCCc2cc(C)cc(C)c21. The number of aryl methyl sites for hydroxylation is 3. The number of benzene rings is 1. The Labute approximate surface area is 80.3 Å². The maximum absolute atomic E-state index is 4.15. The smallest absolute Gasteiger partial charge is 0.0169 e. The largest absolute Gasteiger partial charge is 0.0952 e. The monoisotopic (exact) mass is 172 g/mol. The van der Waals surface area contributed by atoms with E-state index >= 15 is 0 Å². The second-order valence-electron chi connectivity index (χ2n) is 4.07. The van der Waals surface area contributed by atoms with Crippen LogP contribution >= 0.6 is 0 Å². The summed E-state index contributed by atoms with van der Waals surface area (Å²) in [7, 11) is 0. The molecule has 0 unspecified atom stereocenters. The number of allylic oxidation sites excluding steroid dienone is 1. The maximum Gasteiger partial charge on any atom is -0.0169 e. The summed E-state index contributed by atoms with van der Waals surface area (Å²) >= 11 is 0. The Kier molecular flexibility index (Phi) is 1.99. The van der Waals surface area contributed by atoms with Gasteiger partial charge in [-0.3, -0.25) is 0 Å². The molecule has 0 amide bonds. The molecule has 0 N–H and O–H groups in total. The Morgan fingerprint density at radius 3 is 2.69 bits per heavy atom. The third kappa shape index (κ3) is 1.41. The summed E-state index contributed by atoms with van der Waals surface area (Å²) in [6, 6.07) is 4.57. The highest BCUT2D eigenvalue weighted by Gasteiger charge is 2.14. The fourth-order valence-electron chi connectivity index (χ4n) is 2.38. The van der Waals surface area contributed by atoms with Crippen molar-refractivity contribution >= 4 is 5.57 Å². The van der Waals surface area contributed by atoms with Crippen LogP contribution < -0.4 is 0 Å². The van der Waals surface area contributed by atoms with Gasteiger partial charge >= 0.3 is 0 Å². The topological polar surface area (TPSA) is 0 Å². The molecule has 0 nitrogen and oxygen atoms in total. The van der Waals surface area contributed by atoms with Gasteiger partial charge in [-0.25, -0.2) is 0 Å². The van der Waals surface area contributed by atoms with Gasteiger partial charge in [-0.1, -0.05) is 24.3 Å². The molecule has 0 atom stereocenters. The Bertz CT molecular complexity index is 359. The molecule has 1 aliphatic rings. The maximum atomic E-state index is 4.15. The summed E-state index contributed by atoms with van der Waals surface area (Å²) in [5.41, 5.74) is 7.06. The Morgan fingerprint density at radius 2 is 1.92 bits per heavy atom. The van der Waals surface area contributed by atoms with Gasteiger partial charge in [0.25, 0.3) is 0 Å². The summed E-state index contributed by atoms with van der Waals surface area (Å²) in [4.78, 5) is 0. The van der Waals surface area contributed by atoms with E-state index in [0.717, 1.165) is 0 Å². The highest BCUT2D eigenvalue weighted by Crippen LogP contribution is 2.32. The zero-order valence-corrected chi connectivity index (χ0v) is 8.48. The molecular weight excluding hydrogens is 156 g/mol. The molecule has 0 spiro atoms. The highest BCUT2D eigenvalue weighted by molar-refractivity contribution is 5.71. The first kappa shape index (κ1) is 8.55. The van der Waals surface area contributed by atoms with Crippen LogP contribution in [-0.2, 0) is 6.42 Å². The van der Waals surface area contributed by atoms with Crippen LogP contribution in [0.15, 0.2) is 18.7 Å². The van der Waals surface area contributed by atoms with E-state index < -0.39 is 0 Å². The lowest BCUT2D eigenvalue weighted by molar-refractivity contribution is 0.819. The minimum atomic E-state index is 1.18. The van der Waals surface area contributed by atoms with E-state index in [2.05, 4.69) is 32.6 Å². The van der Waals surface area contributed by atoms with Crippen molar-refractivity contribution < 1.29 is 0 Å². The van der Waals surface area contributed by atoms with Gasteiger partial charge < -0.3 is 0 Å². The minimum Gasteiger partial charge on any atom is -0.0952 e. The van der Waals surface area contributed by atoms with Crippen molar-refractivity contribution in [2.24, 2.45) is 0 Å². The summed E-state index contributed by atoms with van der Waals surface area (Å²) in [6.07, 6.45) is 3.68. The lowest BCUT2D eigenvalue weighted by Gasteiger charge is -2.21. The molecule has 0 saturated heterocycles. The second kappa shape index (κ2) is 3.02. The van der Waals surface area contributed by atoms with Crippen molar-refractivity contribution in [2.45, 2.75) is 33.1 Å². The first-order valence-corrected chi connectivity index (χ1v) is 4.97. The average molecular weight is 172 g/mol. The highest BCUT2D eigenvalue weighted by atomic mass is 14.2. The predicted octanol–water partition coefficient (Wildman–Crippen LogP) is 3.65. The van der Waals surface area contributed by atoms with Gasteiger partial charge in [0.15, 0.2) is 0 Å². The number of hydrogen-bond acceptors (Lipinski definition) is 0. The normalized spacial score (nSPS) is 15.7. The summed E-state index contributed by atoms with van der Waals surface area (Å²) in [6.45, 7) is 8.51. The molecule has 13 heavy (non-hydrogen) atoms. The van der Waals surface area contributed by atoms with Crippen LogP contribution in [-0.4, -0.2) is 0 Å². The van der Waals surface area contributed by atoms with E-state index in [-0.39, 0.29) is 0 Å². The lowest BCUT2D eigenvalue weighted by Crippen LogP contribution is -2.03. The molecule has 0 radical (unpaired) electrons. The average Bonchev–Trinajstić information content (AvgIpc) is 2.02. The van der Waals surface area contributed by atoms with E-state index in [1.54, 1.807) is 0 Å². The Balaban J connectivity index is 2.63. The van der Waals surface area contributed by atoms with Crippen LogP contribution in [0.3, 0.4) is 0 Å². The van der Waals surface area contributed by atoms with E-state index in [9.17, 15) is 0 Å². The van der Waals surface area contributed by atoms with Gasteiger partial charge in [-0.05, 0) is 55.4 Å². The number of hydrogen-bond donors (Lipinski definition) is 0. The van der Waals surface area contributed by atoms with Crippen LogP contribution in [0.25, 0.3) is 5.57 Å². The van der Waals surface area contributed by atoms with E-state index in [4.69, 9.17) is 0 Å². The lowest BCUT2D eigenvalue weighted by atomic mass is 9.84. The van der Waals surface area contributed by atoms with Crippen LogP contribution in [0.2, 0.25) is 0 Å². The third-order valence-electron chi connectivity index (χ3n) is 2.84. The molecule has 0 fully saturated rings. The van der Waals surface area contributed by atoms with Crippen molar-refractivity contribution in [2.75, 3.05) is 0 Å². The van der Waals surface area contributed by atoms with Crippen molar-refractivity contribution in [3.05, 3.63) is 41.0 Å². The minimum absolute atomic E-state index is 1.18. The van der Waals surface area contributed by atoms with Crippen LogP contribution in [0.5, 0.6) is 0 Å². The molecule has 1 aromatic carbocycles. The summed E-state index contributed by atoms with van der Waals surface area (Å²) < 4.78 is 0. The fraction of sp³-hybridized carbons (Fsp3) is 0.385. The van der Waals surface area contributed by atoms with E-state index in [0.29, 0.717) is 0 Å². The molecule has 0 aliphatic heterocycles. The van der Waals surface area contributed by atoms with Gasteiger partial charge in [0, 0.05) is 0 Å². The van der Waals surface area contributed by atoms with E-state index in [1.807, 2.05) is 0 Å².